The molecule has 2 aliphatic heterocycles. The molecule has 1 aromatic heterocycles. The fraction of sp³-hybridized carbons (Fsp3) is 0.526. The normalized spacial score (nSPS) is 19.2. The highest BCUT2D eigenvalue weighted by Crippen LogP contribution is 2.21. The van der Waals surface area contributed by atoms with Crippen LogP contribution in [0, 0.1) is 5.92 Å². The molecule has 1 amide bonds. The molecule has 2 aliphatic rings. The van der Waals surface area contributed by atoms with Crippen LogP contribution >= 0.6 is 0 Å². The maximum Gasteiger partial charge on any atom is 0.262 e. The highest BCUT2D eigenvalue weighted by atomic mass is 16.2. The minimum absolute atomic E-state index is 0.0465. The van der Waals surface area contributed by atoms with Crippen molar-refractivity contribution in [1.82, 2.24) is 14.5 Å². The van der Waals surface area contributed by atoms with Gasteiger partial charge in [0, 0.05) is 13.1 Å². The van der Waals surface area contributed by atoms with E-state index in [1.165, 1.54) is 0 Å². The molecule has 3 heterocycles. The fourth-order valence-electron chi connectivity index (χ4n) is 3.78. The third-order valence-electron chi connectivity index (χ3n) is 5.38. The van der Waals surface area contributed by atoms with E-state index in [1.54, 1.807) is 15.5 Å². The van der Waals surface area contributed by atoms with Crippen molar-refractivity contribution in [2.75, 3.05) is 31.1 Å². The van der Waals surface area contributed by atoms with E-state index in [1.807, 2.05) is 18.2 Å². The lowest BCUT2D eigenvalue weighted by molar-refractivity contribution is -0.120. The van der Waals surface area contributed by atoms with Gasteiger partial charge in [-0.1, -0.05) is 19.1 Å². The number of benzene rings is 1. The van der Waals surface area contributed by atoms with Crippen molar-refractivity contribution in [2.45, 2.75) is 32.7 Å². The molecule has 1 aromatic carbocycles. The third-order valence-corrected chi connectivity index (χ3v) is 5.38. The number of carbonyl (C=O) groups is 1. The molecule has 0 unspecified atom stereocenters. The second-order valence-electron chi connectivity index (χ2n) is 7.24. The maximum absolute atomic E-state index is 12.9. The van der Waals surface area contributed by atoms with Gasteiger partial charge in [0.2, 0.25) is 11.9 Å². The van der Waals surface area contributed by atoms with E-state index in [0.717, 1.165) is 38.3 Å². The quantitative estimate of drug-likeness (QED) is 0.837. The van der Waals surface area contributed by atoms with Crippen LogP contribution in [0.4, 0.5) is 5.95 Å². The molecule has 1 saturated heterocycles. The largest absolute Gasteiger partial charge is 0.294 e. The molecule has 0 radical (unpaired) electrons. The summed E-state index contributed by atoms with van der Waals surface area (Å²) in [6.45, 7) is 5.87. The molecular formula is C19H24N4O2. The Morgan fingerprint density at radius 1 is 1.16 bits per heavy atom. The van der Waals surface area contributed by atoms with Gasteiger partial charge in [-0.3, -0.25) is 24.0 Å². The van der Waals surface area contributed by atoms with Gasteiger partial charge in [0.05, 0.1) is 17.4 Å². The van der Waals surface area contributed by atoms with E-state index < -0.39 is 0 Å². The highest BCUT2D eigenvalue weighted by molar-refractivity contribution is 5.94. The maximum atomic E-state index is 12.9. The summed E-state index contributed by atoms with van der Waals surface area (Å²) >= 11 is 0. The van der Waals surface area contributed by atoms with Gasteiger partial charge < -0.3 is 0 Å². The number of carbonyl (C=O) groups excluding carboxylic acids is 1. The number of amides is 1. The van der Waals surface area contributed by atoms with E-state index in [4.69, 9.17) is 0 Å². The molecule has 0 saturated carbocycles. The predicted molar refractivity (Wildman–Crippen MR) is 97.8 cm³/mol. The van der Waals surface area contributed by atoms with Crippen molar-refractivity contribution in [3.05, 3.63) is 34.6 Å². The van der Waals surface area contributed by atoms with Crippen LogP contribution in [0.25, 0.3) is 10.9 Å². The Balaban J connectivity index is 1.63. The molecule has 0 atom stereocenters. The Morgan fingerprint density at radius 3 is 2.72 bits per heavy atom. The van der Waals surface area contributed by atoms with Crippen molar-refractivity contribution < 1.29 is 4.79 Å². The van der Waals surface area contributed by atoms with Crippen LogP contribution in [0.3, 0.4) is 0 Å². The minimum Gasteiger partial charge on any atom is -0.294 e. The van der Waals surface area contributed by atoms with Crippen molar-refractivity contribution in [1.29, 1.82) is 0 Å². The second-order valence-corrected chi connectivity index (χ2v) is 7.24. The van der Waals surface area contributed by atoms with Gasteiger partial charge in [0.15, 0.2) is 0 Å². The number of hydrogen-bond acceptors (Lipinski definition) is 4. The van der Waals surface area contributed by atoms with Gasteiger partial charge in [-0.25, -0.2) is 4.98 Å². The Labute approximate surface area is 147 Å². The van der Waals surface area contributed by atoms with Crippen molar-refractivity contribution in [2.24, 2.45) is 5.92 Å². The lowest BCUT2D eigenvalue weighted by Gasteiger charge is -2.33. The number of hydrogen-bond donors (Lipinski definition) is 0. The average molecular weight is 340 g/mol. The molecule has 0 aliphatic carbocycles. The number of anilines is 1. The zero-order valence-electron chi connectivity index (χ0n) is 14.6. The van der Waals surface area contributed by atoms with Crippen LogP contribution in [0.2, 0.25) is 0 Å². The number of para-hydroxylation sites is 1. The van der Waals surface area contributed by atoms with E-state index in [2.05, 4.69) is 16.8 Å². The Kier molecular flexibility index (Phi) is 4.29. The van der Waals surface area contributed by atoms with Crippen LogP contribution in [0.5, 0.6) is 0 Å². The van der Waals surface area contributed by atoms with Crippen LogP contribution in [0.1, 0.15) is 26.2 Å². The van der Waals surface area contributed by atoms with E-state index in [9.17, 15) is 9.59 Å². The summed E-state index contributed by atoms with van der Waals surface area (Å²) in [4.78, 5) is 34.2. The summed E-state index contributed by atoms with van der Waals surface area (Å²) < 4.78 is 1.65. The van der Waals surface area contributed by atoms with Gasteiger partial charge in [-0.15, -0.1) is 0 Å². The highest BCUT2D eigenvalue weighted by Gasteiger charge is 2.28. The number of aromatic nitrogens is 2. The van der Waals surface area contributed by atoms with Crippen LogP contribution in [-0.2, 0) is 11.3 Å². The fourth-order valence-corrected chi connectivity index (χ4v) is 3.78. The number of fused-ring (bicyclic) bond motifs is 2. The van der Waals surface area contributed by atoms with Crippen LogP contribution in [0.15, 0.2) is 29.1 Å². The monoisotopic (exact) mass is 340 g/mol. The molecule has 1 fully saturated rings. The Morgan fingerprint density at radius 2 is 1.92 bits per heavy atom. The third kappa shape index (κ3) is 3.06. The lowest BCUT2D eigenvalue weighted by Crippen LogP contribution is -2.47. The van der Waals surface area contributed by atoms with E-state index in [-0.39, 0.29) is 11.5 Å². The van der Waals surface area contributed by atoms with Gasteiger partial charge in [0.25, 0.3) is 5.56 Å². The van der Waals surface area contributed by atoms with Crippen LogP contribution in [-0.4, -0.2) is 46.5 Å². The first kappa shape index (κ1) is 16.3. The number of nitrogens with zero attached hydrogens (tertiary/aromatic N) is 4. The smallest absolute Gasteiger partial charge is 0.262 e. The molecule has 4 rings (SSSR count). The summed E-state index contributed by atoms with van der Waals surface area (Å²) in [6.07, 6.45) is 3.08. The topological polar surface area (TPSA) is 58.4 Å². The van der Waals surface area contributed by atoms with Gasteiger partial charge in [0.1, 0.15) is 0 Å². The second kappa shape index (κ2) is 6.59. The SMILES string of the molecule is CC1CCN(CC(=O)N2CCCn3c2nc2ccccc2c3=O)CC1. The molecule has 0 spiro atoms. The zero-order valence-corrected chi connectivity index (χ0v) is 14.6. The predicted octanol–water partition coefficient (Wildman–Crippen LogP) is 1.87. The van der Waals surface area contributed by atoms with Crippen LogP contribution < -0.4 is 10.5 Å². The summed E-state index contributed by atoms with van der Waals surface area (Å²) in [7, 11) is 0. The number of rotatable bonds is 2. The lowest BCUT2D eigenvalue weighted by atomic mass is 9.99. The summed E-state index contributed by atoms with van der Waals surface area (Å²) in [5, 5.41) is 0.616. The van der Waals surface area contributed by atoms with Gasteiger partial charge in [-0.05, 0) is 50.4 Å². The van der Waals surface area contributed by atoms with Crippen molar-refractivity contribution in [3.8, 4) is 0 Å². The first-order valence-electron chi connectivity index (χ1n) is 9.16. The zero-order chi connectivity index (χ0) is 17.4. The van der Waals surface area contributed by atoms with E-state index in [0.29, 0.717) is 36.5 Å². The summed E-state index contributed by atoms with van der Waals surface area (Å²) in [5.41, 5.74) is 0.607. The summed E-state index contributed by atoms with van der Waals surface area (Å²) in [5.74, 6) is 1.30. The average Bonchev–Trinajstić information content (AvgIpc) is 2.63. The standard InChI is InChI=1S/C19H24N4O2/c1-14-7-11-21(12-8-14)13-17(24)22-9-4-10-23-18(25)15-5-2-3-6-16(15)20-19(22)23/h2-3,5-6,14H,4,7-13H2,1H3. The molecule has 25 heavy (non-hydrogen) atoms. The van der Waals surface area contributed by atoms with Gasteiger partial charge >= 0.3 is 0 Å². The molecule has 0 bridgehead atoms. The van der Waals surface area contributed by atoms with Gasteiger partial charge in [-0.2, -0.15) is 0 Å². The first-order valence-corrected chi connectivity index (χ1v) is 9.16. The minimum atomic E-state index is -0.0510. The molecule has 6 heteroatoms. The van der Waals surface area contributed by atoms with Crippen molar-refractivity contribution >= 4 is 22.8 Å². The van der Waals surface area contributed by atoms with Crippen molar-refractivity contribution in [3.63, 3.8) is 0 Å². The molecular weight excluding hydrogens is 316 g/mol. The Hall–Kier alpha value is -2.21. The molecule has 0 N–H and O–H groups in total. The Bertz CT molecular complexity index is 852. The number of likely N-dealkylation sites (tertiary alicyclic amines) is 1. The summed E-state index contributed by atoms with van der Waals surface area (Å²) in [6, 6.07) is 7.35. The number of piperidine rings is 1. The molecule has 2 aromatic rings. The molecule has 6 nitrogen and oxygen atoms in total. The van der Waals surface area contributed by atoms with E-state index >= 15 is 0 Å². The first-order chi connectivity index (χ1) is 12.1. The molecule has 132 valence electrons.